The Morgan fingerprint density at radius 3 is 2.48 bits per heavy atom. The van der Waals surface area contributed by atoms with Gasteiger partial charge in [0, 0.05) is 17.4 Å². The van der Waals surface area contributed by atoms with Crippen LogP contribution < -0.4 is 10.6 Å². The molecule has 0 saturated carbocycles. The van der Waals surface area contributed by atoms with Gasteiger partial charge < -0.3 is 10.6 Å². The van der Waals surface area contributed by atoms with E-state index in [9.17, 15) is 9.59 Å². The minimum Gasteiger partial charge on any atom is -0.325 e. The molecule has 7 heteroatoms. The lowest BCUT2D eigenvalue weighted by Crippen LogP contribution is -2.17. The Morgan fingerprint density at radius 1 is 0.968 bits per heavy atom. The molecule has 156 valence electrons. The SMILES string of the molecule is CC(=O)Nc1ccc(C)cc1NC(=O)Cc1sc(-c2ccccc2)nc1-c1cccs1. The van der Waals surface area contributed by atoms with Crippen LogP contribution in [0.15, 0.2) is 66.0 Å². The monoisotopic (exact) mass is 447 g/mol. The fourth-order valence-corrected chi connectivity index (χ4v) is 5.07. The molecule has 0 fully saturated rings. The molecular formula is C24H21N3O2S2. The molecule has 0 aliphatic carbocycles. The summed E-state index contributed by atoms with van der Waals surface area (Å²) < 4.78 is 0. The normalized spacial score (nSPS) is 10.6. The predicted molar refractivity (Wildman–Crippen MR) is 129 cm³/mol. The number of amides is 2. The Kier molecular flexibility index (Phi) is 6.25. The van der Waals surface area contributed by atoms with Crippen LogP contribution in [0.4, 0.5) is 11.4 Å². The zero-order chi connectivity index (χ0) is 21.8. The largest absolute Gasteiger partial charge is 0.325 e. The Morgan fingerprint density at radius 2 is 1.77 bits per heavy atom. The summed E-state index contributed by atoms with van der Waals surface area (Å²) in [4.78, 5) is 31.3. The summed E-state index contributed by atoms with van der Waals surface area (Å²) in [5.41, 5.74) is 4.04. The highest BCUT2D eigenvalue weighted by molar-refractivity contribution is 7.17. The first-order chi connectivity index (χ1) is 15.0. The standard InChI is InChI=1S/C24H21N3O2S2/c1-15-10-11-18(25-16(2)28)19(13-15)26-22(29)14-21-23(20-9-6-12-30-20)27-24(31-21)17-7-4-3-5-8-17/h3-13H,14H2,1-2H3,(H,25,28)(H,26,29). The molecule has 2 amide bonds. The first kappa shape index (κ1) is 21.0. The zero-order valence-electron chi connectivity index (χ0n) is 17.1. The van der Waals surface area contributed by atoms with E-state index in [0.717, 1.165) is 31.6 Å². The van der Waals surface area contributed by atoms with Crippen LogP contribution >= 0.6 is 22.7 Å². The van der Waals surface area contributed by atoms with Crippen LogP contribution in [0.1, 0.15) is 17.4 Å². The van der Waals surface area contributed by atoms with Crippen LogP contribution in [0.5, 0.6) is 0 Å². The van der Waals surface area contributed by atoms with Crippen molar-refractivity contribution in [2.75, 3.05) is 10.6 Å². The van der Waals surface area contributed by atoms with Crippen molar-refractivity contribution in [3.8, 4) is 21.1 Å². The van der Waals surface area contributed by atoms with E-state index >= 15 is 0 Å². The molecule has 0 saturated heterocycles. The highest BCUT2D eigenvalue weighted by Crippen LogP contribution is 2.36. The third kappa shape index (κ3) is 5.07. The molecule has 0 atom stereocenters. The molecule has 0 aliphatic rings. The summed E-state index contributed by atoms with van der Waals surface area (Å²) >= 11 is 3.14. The summed E-state index contributed by atoms with van der Waals surface area (Å²) in [6.07, 6.45) is 0.200. The van der Waals surface area contributed by atoms with Crippen LogP contribution in [0.25, 0.3) is 21.1 Å². The van der Waals surface area contributed by atoms with Crippen molar-refractivity contribution < 1.29 is 9.59 Å². The number of nitrogens with one attached hydrogen (secondary N) is 2. The smallest absolute Gasteiger partial charge is 0.229 e. The van der Waals surface area contributed by atoms with Crippen molar-refractivity contribution in [3.63, 3.8) is 0 Å². The average Bonchev–Trinajstić information content (AvgIpc) is 3.40. The number of hydrogen-bond acceptors (Lipinski definition) is 5. The lowest BCUT2D eigenvalue weighted by molar-refractivity contribution is -0.116. The zero-order valence-corrected chi connectivity index (χ0v) is 18.8. The summed E-state index contributed by atoms with van der Waals surface area (Å²) in [6, 6.07) is 19.5. The molecule has 4 aromatic rings. The van der Waals surface area contributed by atoms with Crippen molar-refractivity contribution in [1.29, 1.82) is 0 Å². The van der Waals surface area contributed by atoms with Gasteiger partial charge in [0.15, 0.2) is 0 Å². The molecule has 0 radical (unpaired) electrons. The van der Waals surface area contributed by atoms with Crippen LogP contribution in [0.3, 0.4) is 0 Å². The second kappa shape index (κ2) is 9.24. The topological polar surface area (TPSA) is 71.1 Å². The van der Waals surface area contributed by atoms with Gasteiger partial charge in [-0.3, -0.25) is 9.59 Å². The molecule has 0 unspecified atom stereocenters. The van der Waals surface area contributed by atoms with E-state index in [1.165, 1.54) is 18.3 Å². The Hall–Kier alpha value is -3.29. The van der Waals surface area contributed by atoms with E-state index in [2.05, 4.69) is 10.6 Å². The number of nitrogens with zero attached hydrogens (tertiary/aromatic N) is 1. The molecule has 2 heterocycles. The van der Waals surface area contributed by atoms with E-state index in [1.54, 1.807) is 17.4 Å². The molecule has 0 bridgehead atoms. The number of hydrogen-bond donors (Lipinski definition) is 2. The maximum Gasteiger partial charge on any atom is 0.229 e. The van der Waals surface area contributed by atoms with E-state index in [-0.39, 0.29) is 18.2 Å². The van der Waals surface area contributed by atoms with Gasteiger partial charge in [0.05, 0.1) is 28.4 Å². The molecule has 2 N–H and O–H groups in total. The van der Waals surface area contributed by atoms with Crippen molar-refractivity contribution in [1.82, 2.24) is 4.98 Å². The molecule has 5 nitrogen and oxygen atoms in total. The number of thiophene rings is 1. The van der Waals surface area contributed by atoms with Gasteiger partial charge >= 0.3 is 0 Å². The van der Waals surface area contributed by atoms with Gasteiger partial charge in [-0.05, 0) is 36.1 Å². The highest BCUT2D eigenvalue weighted by atomic mass is 32.1. The minimum absolute atomic E-state index is 0.154. The molecule has 4 rings (SSSR count). The third-order valence-corrected chi connectivity index (χ3v) is 6.53. The van der Waals surface area contributed by atoms with Crippen molar-refractivity contribution >= 4 is 45.9 Å². The molecular weight excluding hydrogens is 426 g/mol. The minimum atomic E-state index is -0.186. The van der Waals surface area contributed by atoms with Gasteiger partial charge in [-0.25, -0.2) is 4.98 Å². The maximum atomic E-state index is 13.0. The lowest BCUT2D eigenvalue weighted by atomic mass is 10.1. The van der Waals surface area contributed by atoms with Gasteiger partial charge in [0.25, 0.3) is 0 Å². The summed E-state index contributed by atoms with van der Waals surface area (Å²) in [6.45, 7) is 3.39. The first-order valence-electron chi connectivity index (χ1n) is 9.76. The van der Waals surface area contributed by atoms with Crippen LogP contribution in [0, 0.1) is 6.92 Å². The summed E-state index contributed by atoms with van der Waals surface area (Å²) in [5, 5.41) is 8.62. The van der Waals surface area contributed by atoms with E-state index in [4.69, 9.17) is 4.98 Å². The highest BCUT2D eigenvalue weighted by Gasteiger charge is 2.18. The van der Waals surface area contributed by atoms with Gasteiger partial charge in [-0.15, -0.1) is 22.7 Å². The maximum absolute atomic E-state index is 13.0. The molecule has 0 aliphatic heterocycles. The Labute approximate surface area is 188 Å². The van der Waals surface area contributed by atoms with Crippen LogP contribution in [-0.4, -0.2) is 16.8 Å². The number of aromatic nitrogens is 1. The molecule has 31 heavy (non-hydrogen) atoms. The van der Waals surface area contributed by atoms with Gasteiger partial charge in [-0.2, -0.15) is 0 Å². The van der Waals surface area contributed by atoms with Crippen molar-refractivity contribution in [2.24, 2.45) is 0 Å². The fourth-order valence-electron chi connectivity index (χ4n) is 3.18. The van der Waals surface area contributed by atoms with Gasteiger partial charge in [0.2, 0.25) is 11.8 Å². The van der Waals surface area contributed by atoms with Gasteiger partial charge in [0.1, 0.15) is 5.01 Å². The van der Waals surface area contributed by atoms with E-state index < -0.39 is 0 Å². The summed E-state index contributed by atoms with van der Waals surface area (Å²) in [5.74, 6) is -0.340. The quantitative estimate of drug-likeness (QED) is 0.382. The summed E-state index contributed by atoms with van der Waals surface area (Å²) in [7, 11) is 0. The Bertz CT molecular complexity index is 1220. The lowest BCUT2D eigenvalue weighted by Gasteiger charge is -2.12. The first-order valence-corrected chi connectivity index (χ1v) is 11.5. The van der Waals surface area contributed by atoms with Crippen molar-refractivity contribution in [3.05, 3.63) is 76.5 Å². The predicted octanol–water partition coefficient (Wildman–Crippen LogP) is 5.99. The number of aryl methyl sites for hydroxylation is 1. The van der Waals surface area contributed by atoms with Crippen LogP contribution in [-0.2, 0) is 16.0 Å². The molecule has 0 spiro atoms. The van der Waals surface area contributed by atoms with Gasteiger partial charge in [-0.1, -0.05) is 42.5 Å². The number of carbonyl (C=O) groups is 2. The van der Waals surface area contributed by atoms with Crippen molar-refractivity contribution in [2.45, 2.75) is 20.3 Å². The third-order valence-electron chi connectivity index (χ3n) is 4.55. The van der Waals surface area contributed by atoms with Crippen LogP contribution in [0.2, 0.25) is 0 Å². The number of benzene rings is 2. The number of rotatable bonds is 6. The second-order valence-electron chi connectivity index (χ2n) is 7.09. The molecule has 2 aromatic carbocycles. The second-order valence-corrected chi connectivity index (χ2v) is 9.12. The Balaban J connectivity index is 1.62. The van der Waals surface area contributed by atoms with E-state index in [1.807, 2.05) is 66.9 Å². The average molecular weight is 448 g/mol. The number of anilines is 2. The fraction of sp³-hybridized carbons (Fsp3) is 0.125. The number of carbonyl (C=O) groups excluding carboxylic acids is 2. The molecule has 2 aromatic heterocycles. The van der Waals surface area contributed by atoms with E-state index in [0.29, 0.717) is 11.4 Å². The number of thiazole rings is 1.